The van der Waals surface area contributed by atoms with Crippen LogP contribution in [0.15, 0.2) is 30.3 Å². The van der Waals surface area contributed by atoms with Crippen molar-refractivity contribution in [1.82, 2.24) is 5.32 Å². The highest BCUT2D eigenvalue weighted by atomic mass is 16.5. The molecule has 2 heteroatoms. The van der Waals surface area contributed by atoms with Crippen LogP contribution >= 0.6 is 0 Å². The first-order chi connectivity index (χ1) is 8.79. The Bertz CT molecular complexity index is 249. The lowest BCUT2D eigenvalue weighted by atomic mass is 9.94. The quantitative estimate of drug-likeness (QED) is 0.854. The fraction of sp³-hybridized carbons (Fsp3) is 0.625. The lowest BCUT2D eigenvalue weighted by molar-refractivity contribution is 0.160. The van der Waals surface area contributed by atoms with Crippen molar-refractivity contribution in [1.29, 1.82) is 0 Å². The maximum absolute atomic E-state index is 5.17. The van der Waals surface area contributed by atoms with E-state index in [2.05, 4.69) is 36.5 Å². The predicted molar refractivity (Wildman–Crippen MR) is 82.3 cm³/mol. The zero-order chi connectivity index (χ0) is 14.4. The number of nitrogens with one attached hydrogen (secondary N) is 1. The summed E-state index contributed by atoms with van der Waals surface area (Å²) in [6.07, 6.45) is 0. The molecule has 0 aromatic heterocycles. The Labute approximate surface area is 114 Å². The van der Waals surface area contributed by atoms with Gasteiger partial charge in [-0.3, -0.25) is 0 Å². The highest BCUT2D eigenvalue weighted by molar-refractivity contribution is 5.20. The van der Waals surface area contributed by atoms with Gasteiger partial charge in [-0.15, -0.1) is 0 Å². The van der Waals surface area contributed by atoms with E-state index < -0.39 is 0 Å². The van der Waals surface area contributed by atoms with Crippen molar-refractivity contribution >= 4 is 0 Å². The molecule has 2 nitrogen and oxygen atoms in total. The van der Waals surface area contributed by atoms with Gasteiger partial charge in [0.1, 0.15) is 0 Å². The second kappa shape index (κ2) is 14.2. The van der Waals surface area contributed by atoms with Gasteiger partial charge in [0.15, 0.2) is 0 Å². The van der Waals surface area contributed by atoms with Crippen LogP contribution in [-0.2, 0) is 4.74 Å². The van der Waals surface area contributed by atoms with Gasteiger partial charge in [-0.1, -0.05) is 65.0 Å². The number of benzene rings is 1. The lowest BCUT2D eigenvalue weighted by Crippen LogP contribution is -2.34. The summed E-state index contributed by atoms with van der Waals surface area (Å²) in [6, 6.07) is 10.9. The molecule has 1 unspecified atom stereocenters. The van der Waals surface area contributed by atoms with Crippen molar-refractivity contribution in [3.8, 4) is 0 Å². The van der Waals surface area contributed by atoms with Crippen molar-refractivity contribution in [2.45, 2.75) is 46.6 Å². The molecule has 0 saturated heterocycles. The van der Waals surface area contributed by atoms with Gasteiger partial charge in [0.2, 0.25) is 0 Å². The molecule has 1 rings (SSSR count). The first kappa shape index (κ1) is 19.5. The summed E-state index contributed by atoms with van der Waals surface area (Å²) in [5.41, 5.74) is 1.35. The first-order valence-electron chi connectivity index (χ1n) is 7.00. The van der Waals surface area contributed by atoms with Gasteiger partial charge in [0.05, 0.1) is 6.61 Å². The van der Waals surface area contributed by atoms with Crippen LogP contribution in [0.5, 0.6) is 0 Å². The van der Waals surface area contributed by atoms with Gasteiger partial charge in [-0.05, 0) is 18.5 Å². The predicted octanol–water partition coefficient (Wildman–Crippen LogP) is 4.08. The molecule has 1 aromatic rings. The van der Waals surface area contributed by atoms with Gasteiger partial charge in [0.25, 0.3) is 0 Å². The second-order valence-corrected chi connectivity index (χ2v) is 3.55. The van der Waals surface area contributed by atoms with Gasteiger partial charge in [-0.2, -0.15) is 0 Å². The summed E-state index contributed by atoms with van der Waals surface area (Å²) >= 11 is 0. The van der Waals surface area contributed by atoms with Crippen LogP contribution in [0.3, 0.4) is 0 Å². The Hall–Kier alpha value is -0.860. The Kier molecular flexibility index (Phi) is 15.4. The lowest BCUT2D eigenvalue weighted by Gasteiger charge is -2.23. The number of likely N-dealkylation sites (N-methyl/N-ethyl adjacent to an activating group) is 1. The maximum Gasteiger partial charge on any atom is 0.0621 e. The highest BCUT2D eigenvalue weighted by Crippen LogP contribution is 2.18. The van der Waals surface area contributed by atoms with E-state index in [9.17, 15) is 0 Å². The first-order valence-corrected chi connectivity index (χ1v) is 7.00. The molecular weight excluding hydrogens is 222 g/mol. The average Bonchev–Trinajstić information content (AvgIpc) is 2.49. The Morgan fingerprint density at radius 1 is 1.06 bits per heavy atom. The van der Waals surface area contributed by atoms with Crippen LogP contribution in [0.1, 0.15) is 46.1 Å². The van der Waals surface area contributed by atoms with Gasteiger partial charge in [0, 0.05) is 13.2 Å². The maximum atomic E-state index is 5.17. The molecule has 0 bridgehead atoms. The topological polar surface area (TPSA) is 21.3 Å². The molecule has 0 spiro atoms. The van der Waals surface area contributed by atoms with Crippen molar-refractivity contribution in [3.63, 3.8) is 0 Å². The molecule has 0 radical (unpaired) electrons. The molecule has 18 heavy (non-hydrogen) atoms. The smallest absolute Gasteiger partial charge is 0.0621 e. The van der Waals surface area contributed by atoms with Crippen LogP contribution in [0.25, 0.3) is 0 Å². The van der Waals surface area contributed by atoms with E-state index in [1.807, 2.05) is 40.8 Å². The molecule has 1 aromatic carbocycles. The van der Waals surface area contributed by atoms with Crippen LogP contribution in [-0.4, -0.2) is 26.8 Å². The minimum atomic E-state index is 0.377. The van der Waals surface area contributed by atoms with E-state index in [1.165, 1.54) is 5.56 Å². The molecular formula is C16H31NO. The molecule has 0 aliphatic carbocycles. The summed E-state index contributed by atoms with van der Waals surface area (Å²) in [7, 11) is 3.71. The van der Waals surface area contributed by atoms with Gasteiger partial charge in [-0.25, -0.2) is 0 Å². The third-order valence-corrected chi connectivity index (χ3v) is 2.65. The zero-order valence-corrected chi connectivity index (χ0v) is 13.2. The van der Waals surface area contributed by atoms with Crippen LogP contribution < -0.4 is 5.32 Å². The minimum absolute atomic E-state index is 0.377. The van der Waals surface area contributed by atoms with E-state index in [0.29, 0.717) is 12.0 Å². The monoisotopic (exact) mass is 253 g/mol. The molecule has 106 valence electrons. The number of ether oxygens (including phenoxy) is 1. The largest absolute Gasteiger partial charge is 0.383 e. The summed E-state index contributed by atoms with van der Waals surface area (Å²) in [6.45, 7) is 11.0. The van der Waals surface area contributed by atoms with Crippen LogP contribution in [0.2, 0.25) is 0 Å². The number of hydrogen-bond acceptors (Lipinski definition) is 2. The zero-order valence-electron chi connectivity index (χ0n) is 13.2. The number of methoxy groups -OCH3 is 1. The summed E-state index contributed by atoms with van der Waals surface area (Å²) < 4.78 is 5.17. The molecule has 0 amide bonds. The Morgan fingerprint density at radius 2 is 1.56 bits per heavy atom. The molecule has 2 atom stereocenters. The summed E-state index contributed by atoms with van der Waals surface area (Å²) in [4.78, 5) is 0. The summed E-state index contributed by atoms with van der Waals surface area (Å²) in [5, 5.41) is 3.28. The molecule has 0 fully saturated rings. The van der Waals surface area contributed by atoms with Crippen LogP contribution in [0, 0.1) is 0 Å². The Morgan fingerprint density at radius 3 is 1.94 bits per heavy atom. The van der Waals surface area contributed by atoms with Crippen molar-refractivity contribution in [2.75, 3.05) is 20.8 Å². The highest BCUT2D eigenvalue weighted by Gasteiger charge is 2.16. The SMILES string of the molecule is CC.CC.CNC(COC)[C@H](C)c1ccccc1. The van der Waals surface area contributed by atoms with Gasteiger partial charge < -0.3 is 10.1 Å². The molecule has 0 heterocycles. The van der Waals surface area contributed by atoms with E-state index in [4.69, 9.17) is 4.74 Å². The van der Waals surface area contributed by atoms with Gasteiger partial charge >= 0.3 is 0 Å². The molecule has 0 aliphatic rings. The minimum Gasteiger partial charge on any atom is -0.383 e. The third kappa shape index (κ3) is 7.46. The fourth-order valence-electron chi connectivity index (χ4n) is 1.65. The van der Waals surface area contributed by atoms with Crippen molar-refractivity contribution in [3.05, 3.63) is 35.9 Å². The van der Waals surface area contributed by atoms with E-state index in [-0.39, 0.29) is 0 Å². The second-order valence-electron chi connectivity index (χ2n) is 3.55. The van der Waals surface area contributed by atoms with E-state index in [1.54, 1.807) is 7.11 Å². The number of hydrogen-bond donors (Lipinski definition) is 1. The fourth-order valence-corrected chi connectivity index (χ4v) is 1.65. The molecule has 0 aliphatic heterocycles. The molecule has 0 saturated carbocycles. The average molecular weight is 253 g/mol. The normalized spacial score (nSPS) is 12.4. The van der Waals surface area contributed by atoms with Crippen molar-refractivity contribution in [2.24, 2.45) is 0 Å². The summed E-state index contributed by atoms with van der Waals surface area (Å²) in [5.74, 6) is 0.473. The van der Waals surface area contributed by atoms with Crippen LogP contribution in [0.4, 0.5) is 0 Å². The standard InChI is InChI=1S/C12H19NO.2C2H6/c1-10(12(13-2)9-14-3)11-7-5-4-6-8-11;2*1-2/h4-8,10,12-13H,9H2,1-3H3;2*1-2H3/t10-,12?;;/m1../s1. The Balaban J connectivity index is 0. The number of rotatable bonds is 5. The van der Waals surface area contributed by atoms with E-state index >= 15 is 0 Å². The van der Waals surface area contributed by atoms with E-state index in [0.717, 1.165) is 6.61 Å². The molecule has 1 N–H and O–H groups in total. The van der Waals surface area contributed by atoms with Crippen molar-refractivity contribution < 1.29 is 4.74 Å². The third-order valence-electron chi connectivity index (χ3n) is 2.65.